The Kier molecular flexibility index (Phi) is 6.07. The molecule has 1 aliphatic rings. The fourth-order valence-corrected chi connectivity index (χ4v) is 4.01. The molecular weight excluding hydrogens is 396 g/mol. The minimum absolute atomic E-state index is 0.0923. The molecule has 0 aliphatic carbocycles. The smallest absolute Gasteiger partial charge is 0.338 e. The number of amides is 1. The number of nitrogens with zero attached hydrogens (tertiary/aromatic N) is 1. The summed E-state index contributed by atoms with van der Waals surface area (Å²) < 4.78 is 36.9. The first-order valence-corrected chi connectivity index (χ1v) is 10.8. The quantitative estimate of drug-likeness (QED) is 0.723. The van der Waals surface area contributed by atoms with E-state index in [1.54, 1.807) is 62.4 Å². The number of esters is 1. The third kappa shape index (κ3) is 4.51. The molecule has 0 radical (unpaired) electrons. The Labute approximate surface area is 169 Å². The molecule has 1 N–H and O–H groups in total. The van der Waals surface area contributed by atoms with Crippen molar-refractivity contribution in [2.45, 2.75) is 20.0 Å². The van der Waals surface area contributed by atoms with E-state index in [1.165, 1.54) is 4.31 Å². The van der Waals surface area contributed by atoms with E-state index in [9.17, 15) is 18.0 Å². The third-order valence-corrected chi connectivity index (χ3v) is 6.14. The zero-order valence-corrected chi connectivity index (χ0v) is 16.9. The van der Waals surface area contributed by atoms with Gasteiger partial charge in [0.1, 0.15) is 5.75 Å². The van der Waals surface area contributed by atoms with Gasteiger partial charge < -0.3 is 14.8 Å². The van der Waals surface area contributed by atoms with Crippen molar-refractivity contribution in [2.24, 2.45) is 0 Å². The Morgan fingerprint density at radius 3 is 2.48 bits per heavy atom. The second-order valence-corrected chi connectivity index (χ2v) is 8.47. The molecule has 2 aromatic carbocycles. The molecule has 0 bridgehead atoms. The van der Waals surface area contributed by atoms with E-state index in [1.807, 2.05) is 0 Å². The Hall–Kier alpha value is -3.07. The number of ether oxygens (including phenoxy) is 2. The van der Waals surface area contributed by atoms with Gasteiger partial charge in [0.15, 0.2) is 6.10 Å². The monoisotopic (exact) mass is 418 g/mol. The number of para-hydroxylation sites is 2. The lowest BCUT2D eigenvalue weighted by Crippen LogP contribution is -2.49. The minimum atomic E-state index is -3.57. The van der Waals surface area contributed by atoms with Gasteiger partial charge in [-0.3, -0.25) is 9.10 Å². The molecule has 29 heavy (non-hydrogen) atoms. The summed E-state index contributed by atoms with van der Waals surface area (Å²) in [6, 6.07) is 12.9. The summed E-state index contributed by atoms with van der Waals surface area (Å²) >= 11 is 0. The molecule has 0 unspecified atom stereocenters. The highest BCUT2D eigenvalue weighted by Gasteiger charge is 2.35. The average Bonchev–Trinajstić information content (AvgIpc) is 2.73. The van der Waals surface area contributed by atoms with E-state index in [-0.39, 0.29) is 18.9 Å². The number of carbonyl (C=O) groups is 2. The van der Waals surface area contributed by atoms with Crippen molar-refractivity contribution in [3.8, 4) is 5.75 Å². The highest BCUT2D eigenvalue weighted by Crippen LogP contribution is 2.35. The van der Waals surface area contributed by atoms with Gasteiger partial charge >= 0.3 is 5.97 Å². The number of rotatable bonds is 6. The number of anilines is 2. The normalized spacial score (nSPS) is 15.8. The zero-order valence-electron chi connectivity index (χ0n) is 16.1. The van der Waals surface area contributed by atoms with Crippen LogP contribution in [0.25, 0.3) is 0 Å². The molecule has 1 aliphatic heterocycles. The molecule has 0 aromatic heterocycles. The summed E-state index contributed by atoms with van der Waals surface area (Å²) in [4.78, 5) is 24.4. The Morgan fingerprint density at radius 1 is 1.14 bits per heavy atom. The molecule has 0 spiro atoms. The molecule has 1 heterocycles. The Balaban J connectivity index is 1.77. The summed E-state index contributed by atoms with van der Waals surface area (Å²) in [7, 11) is -3.57. The largest absolute Gasteiger partial charge is 0.476 e. The predicted molar refractivity (Wildman–Crippen MR) is 109 cm³/mol. The van der Waals surface area contributed by atoms with E-state index >= 15 is 0 Å². The predicted octanol–water partition coefficient (Wildman–Crippen LogP) is 2.42. The molecule has 1 amide bonds. The van der Waals surface area contributed by atoms with Crippen molar-refractivity contribution >= 4 is 33.3 Å². The van der Waals surface area contributed by atoms with Gasteiger partial charge in [0, 0.05) is 5.69 Å². The van der Waals surface area contributed by atoms with E-state index < -0.39 is 28.0 Å². The van der Waals surface area contributed by atoms with Gasteiger partial charge in [0.05, 0.1) is 30.2 Å². The number of benzene rings is 2. The maximum Gasteiger partial charge on any atom is 0.338 e. The molecule has 0 saturated carbocycles. The van der Waals surface area contributed by atoms with Crippen molar-refractivity contribution in [3.63, 3.8) is 0 Å². The van der Waals surface area contributed by atoms with Gasteiger partial charge in [0.25, 0.3) is 5.91 Å². The standard InChI is InChI=1S/C20H22N2O6S/c1-3-27-20(24)14-9-11-15(12-10-14)21-19(23)18-13-22(29(25,26)4-2)16-7-5-6-8-17(16)28-18/h5-12,18H,3-4,13H2,1-2H3,(H,21,23)/t18-/m0/s1. The van der Waals surface area contributed by atoms with Crippen LogP contribution in [0, 0.1) is 0 Å². The maximum absolute atomic E-state index is 12.7. The number of fused-ring (bicyclic) bond motifs is 1. The van der Waals surface area contributed by atoms with Gasteiger partial charge in [-0.05, 0) is 50.2 Å². The SMILES string of the molecule is CCOC(=O)c1ccc(NC(=O)[C@@H]2CN(S(=O)(=O)CC)c3ccccc3O2)cc1. The molecule has 1 atom stereocenters. The van der Waals surface area contributed by atoms with Crippen LogP contribution in [0.15, 0.2) is 48.5 Å². The first-order valence-electron chi connectivity index (χ1n) is 9.20. The van der Waals surface area contributed by atoms with Gasteiger partial charge in [-0.15, -0.1) is 0 Å². The lowest BCUT2D eigenvalue weighted by molar-refractivity contribution is -0.122. The summed E-state index contributed by atoms with van der Waals surface area (Å²) in [6.45, 7) is 3.42. The zero-order chi connectivity index (χ0) is 21.0. The summed E-state index contributed by atoms with van der Waals surface area (Å²) in [6.07, 6.45) is -1.02. The van der Waals surface area contributed by atoms with Gasteiger partial charge in [-0.2, -0.15) is 0 Å². The van der Waals surface area contributed by atoms with Crippen LogP contribution in [0.4, 0.5) is 11.4 Å². The highest BCUT2D eigenvalue weighted by molar-refractivity contribution is 7.92. The molecule has 8 nitrogen and oxygen atoms in total. The van der Waals surface area contributed by atoms with Crippen LogP contribution >= 0.6 is 0 Å². The van der Waals surface area contributed by atoms with Crippen LogP contribution < -0.4 is 14.4 Å². The summed E-state index contributed by atoms with van der Waals surface area (Å²) in [5.41, 5.74) is 1.24. The minimum Gasteiger partial charge on any atom is -0.476 e. The Bertz CT molecular complexity index is 1000. The van der Waals surface area contributed by atoms with Crippen molar-refractivity contribution in [3.05, 3.63) is 54.1 Å². The van der Waals surface area contributed by atoms with Gasteiger partial charge in [-0.1, -0.05) is 12.1 Å². The van der Waals surface area contributed by atoms with Crippen LogP contribution in [0.3, 0.4) is 0 Å². The molecular formula is C20H22N2O6S. The van der Waals surface area contributed by atoms with E-state index in [0.29, 0.717) is 22.7 Å². The molecule has 2 aromatic rings. The van der Waals surface area contributed by atoms with Crippen LogP contribution in [0.2, 0.25) is 0 Å². The number of hydrogen-bond acceptors (Lipinski definition) is 6. The van der Waals surface area contributed by atoms with E-state index in [2.05, 4.69) is 5.32 Å². The topological polar surface area (TPSA) is 102 Å². The number of hydrogen-bond donors (Lipinski definition) is 1. The number of sulfonamides is 1. The molecule has 3 rings (SSSR count). The van der Waals surface area contributed by atoms with E-state index in [4.69, 9.17) is 9.47 Å². The second kappa shape index (κ2) is 8.52. The Morgan fingerprint density at radius 2 is 1.83 bits per heavy atom. The third-order valence-electron chi connectivity index (χ3n) is 4.39. The molecule has 0 fully saturated rings. The fraction of sp³-hybridized carbons (Fsp3) is 0.300. The maximum atomic E-state index is 12.7. The van der Waals surface area contributed by atoms with Crippen molar-refractivity contribution in [1.29, 1.82) is 0 Å². The first kappa shape index (κ1) is 20.7. The highest BCUT2D eigenvalue weighted by atomic mass is 32.2. The summed E-state index contributed by atoms with van der Waals surface area (Å²) in [5.74, 6) is -0.698. The van der Waals surface area contributed by atoms with Crippen molar-refractivity contribution in [1.82, 2.24) is 0 Å². The van der Waals surface area contributed by atoms with Gasteiger partial charge in [-0.25, -0.2) is 13.2 Å². The lowest BCUT2D eigenvalue weighted by Gasteiger charge is -2.34. The molecule has 154 valence electrons. The van der Waals surface area contributed by atoms with E-state index in [0.717, 1.165) is 0 Å². The van der Waals surface area contributed by atoms with Crippen molar-refractivity contribution < 1.29 is 27.5 Å². The van der Waals surface area contributed by atoms with Crippen molar-refractivity contribution in [2.75, 3.05) is 28.5 Å². The van der Waals surface area contributed by atoms with Crippen LogP contribution in [0.5, 0.6) is 5.75 Å². The second-order valence-electron chi connectivity index (χ2n) is 6.29. The molecule has 9 heteroatoms. The number of carbonyl (C=O) groups excluding carboxylic acids is 2. The fourth-order valence-electron chi connectivity index (χ4n) is 2.88. The molecule has 0 saturated heterocycles. The van der Waals surface area contributed by atoms with Crippen LogP contribution in [-0.4, -0.2) is 45.3 Å². The average molecular weight is 418 g/mol. The number of nitrogens with one attached hydrogen (secondary N) is 1. The van der Waals surface area contributed by atoms with Crippen LogP contribution in [0.1, 0.15) is 24.2 Å². The van der Waals surface area contributed by atoms with Gasteiger partial charge in [0.2, 0.25) is 10.0 Å². The van der Waals surface area contributed by atoms with Crippen LogP contribution in [-0.2, 0) is 19.6 Å². The first-order chi connectivity index (χ1) is 13.9. The lowest BCUT2D eigenvalue weighted by atomic mass is 10.2. The summed E-state index contributed by atoms with van der Waals surface area (Å²) in [5, 5.41) is 2.69.